The highest BCUT2D eigenvalue weighted by molar-refractivity contribution is 14.1. The van der Waals surface area contributed by atoms with Gasteiger partial charge in [-0.2, -0.15) is 0 Å². The highest BCUT2D eigenvalue weighted by Gasteiger charge is 2.43. The van der Waals surface area contributed by atoms with E-state index in [1.807, 2.05) is 6.07 Å². The van der Waals surface area contributed by atoms with Crippen molar-refractivity contribution in [3.8, 4) is 5.75 Å². The molecule has 3 nitrogen and oxygen atoms in total. The number of hydrogen-bond donors (Lipinski definition) is 0. The average Bonchev–Trinajstić information content (AvgIpc) is 3.01. The van der Waals surface area contributed by atoms with Crippen LogP contribution in [0.1, 0.15) is 17.4 Å². The lowest BCUT2D eigenvalue weighted by Gasteiger charge is -2.48. The number of rotatable bonds is 6. The summed E-state index contributed by atoms with van der Waals surface area (Å²) >= 11 is 2.39. The van der Waals surface area contributed by atoms with Crippen LogP contribution < -0.4 is 4.74 Å². The summed E-state index contributed by atoms with van der Waals surface area (Å²) in [7, 11) is -1.59. The minimum Gasteiger partial charge on any atom is -0.496 e. The summed E-state index contributed by atoms with van der Waals surface area (Å²) in [4.78, 5) is 0. The molecule has 0 aliphatic rings. The molecule has 0 spiro atoms. The van der Waals surface area contributed by atoms with Gasteiger partial charge in [-0.1, -0.05) is 57.5 Å². The lowest BCUT2D eigenvalue weighted by molar-refractivity contribution is 0.379. The Labute approximate surface area is 184 Å². The van der Waals surface area contributed by atoms with Gasteiger partial charge in [-0.25, -0.2) is 0 Å². The van der Waals surface area contributed by atoms with Gasteiger partial charge in [0.25, 0.3) is 0 Å². The molecule has 1 atom stereocenters. The molecule has 1 heterocycles. The van der Waals surface area contributed by atoms with Crippen LogP contribution in [0, 0.1) is 3.57 Å². The Balaban J connectivity index is 2.32. The lowest BCUT2D eigenvalue weighted by Crippen LogP contribution is -2.60. The Kier molecular flexibility index (Phi) is 6.15. The zero-order valence-corrected chi connectivity index (χ0v) is 22.0. The van der Waals surface area contributed by atoms with Crippen LogP contribution in [0.5, 0.6) is 5.75 Å². The molecule has 1 aromatic heterocycles. The first-order valence-electron chi connectivity index (χ1n) is 9.64. The van der Waals surface area contributed by atoms with Crippen molar-refractivity contribution < 1.29 is 9.15 Å². The van der Waals surface area contributed by atoms with Crippen LogP contribution in [0.25, 0.3) is 11.0 Å². The van der Waals surface area contributed by atoms with Gasteiger partial charge in [0.05, 0.1) is 13.2 Å². The maximum absolute atomic E-state index is 6.44. The Hall–Kier alpha value is -1.10. The van der Waals surface area contributed by atoms with Crippen LogP contribution in [0.4, 0.5) is 0 Å². The zero-order chi connectivity index (χ0) is 20.7. The topological polar surface area (TPSA) is 25.6 Å². The first kappa shape index (κ1) is 21.6. The molecular formula is C22H30INO2Si2. The molecule has 0 amide bonds. The van der Waals surface area contributed by atoms with Crippen molar-refractivity contribution in [3.63, 3.8) is 0 Å². The van der Waals surface area contributed by atoms with E-state index in [0.29, 0.717) is 0 Å². The van der Waals surface area contributed by atoms with Crippen LogP contribution in [0.2, 0.25) is 39.3 Å². The number of nitrogens with zero attached hydrogens (tertiary/aromatic N) is 1. The van der Waals surface area contributed by atoms with Crippen molar-refractivity contribution in [1.82, 2.24) is 4.23 Å². The van der Waals surface area contributed by atoms with Crippen LogP contribution >= 0.6 is 22.6 Å². The van der Waals surface area contributed by atoms with Gasteiger partial charge in [0.15, 0.2) is 0 Å². The third kappa shape index (κ3) is 4.39. The second-order valence-corrected chi connectivity index (χ2v) is 20.5. The first-order valence-corrected chi connectivity index (χ1v) is 17.6. The van der Waals surface area contributed by atoms with E-state index in [4.69, 9.17) is 9.15 Å². The van der Waals surface area contributed by atoms with Crippen molar-refractivity contribution in [2.24, 2.45) is 0 Å². The quantitative estimate of drug-likeness (QED) is 0.254. The fraction of sp³-hybridized carbons (Fsp3) is 0.364. The summed E-state index contributed by atoms with van der Waals surface area (Å²) in [6.45, 7) is 14.6. The Morgan fingerprint density at radius 3 is 2.14 bits per heavy atom. The van der Waals surface area contributed by atoms with Gasteiger partial charge >= 0.3 is 0 Å². The number of hydrogen-bond acceptors (Lipinski definition) is 3. The molecule has 28 heavy (non-hydrogen) atoms. The molecule has 0 aliphatic heterocycles. The second kappa shape index (κ2) is 7.97. The van der Waals surface area contributed by atoms with E-state index >= 15 is 0 Å². The zero-order valence-electron chi connectivity index (χ0n) is 17.8. The monoisotopic (exact) mass is 523 g/mol. The van der Waals surface area contributed by atoms with E-state index < -0.39 is 16.5 Å². The van der Waals surface area contributed by atoms with Gasteiger partial charge in [0.1, 0.15) is 33.6 Å². The second-order valence-electron chi connectivity index (χ2n) is 9.19. The number of furan rings is 1. The molecular weight excluding hydrogens is 493 g/mol. The summed E-state index contributed by atoms with van der Waals surface area (Å²) in [5, 5.41) is 1.15. The van der Waals surface area contributed by atoms with E-state index in [1.165, 1.54) is 9.13 Å². The predicted molar refractivity (Wildman–Crippen MR) is 132 cm³/mol. The van der Waals surface area contributed by atoms with Crippen molar-refractivity contribution in [2.45, 2.75) is 45.3 Å². The van der Waals surface area contributed by atoms with E-state index in [2.05, 4.69) is 109 Å². The molecule has 0 radical (unpaired) electrons. The highest BCUT2D eigenvalue weighted by atomic mass is 127. The fourth-order valence-corrected chi connectivity index (χ4v) is 14.9. The van der Waals surface area contributed by atoms with Gasteiger partial charge in [-0.05, 0) is 52.9 Å². The number of para-hydroxylation sites is 1. The third-order valence-corrected chi connectivity index (χ3v) is 13.0. The van der Waals surface area contributed by atoms with Crippen molar-refractivity contribution in [2.75, 3.05) is 7.11 Å². The summed E-state index contributed by atoms with van der Waals surface area (Å²) in [6, 6.07) is 17.0. The maximum atomic E-state index is 6.44. The SMILES string of the molecule is COc1ccc(I)cc1C(c1cc2ccccc2o1)N([Si](C)(C)C)[Si](C)(C)C. The van der Waals surface area contributed by atoms with E-state index in [-0.39, 0.29) is 6.04 Å². The number of halogens is 1. The molecule has 0 N–H and O–H groups in total. The van der Waals surface area contributed by atoms with Gasteiger partial charge in [0, 0.05) is 14.5 Å². The van der Waals surface area contributed by atoms with E-state index in [0.717, 1.165) is 22.5 Å². The van der Waals surface area contributed by atoms with Crippen molar-refractivity contribution >= 4 is 50.0 Å². The first-order chi connectivity index (χ1) is 13.0. The predicted octanol–water partition coefficient (Wildman–Crippen LogP) is 7.11. The van der Waals surface area contributed by atoms with Gasteiger partial charge in [-0.15, -0.1) is 0 Å². The van der Waals surface area contributed by atoms with Gasteiger partial charge < -0.3 is 13.4 Å². The van der Waals surface area contributed by atoms with Crippen LogP contribution in [-0.2, 0) is 0 Å². The Morgan fingerprint density at radius 1 is 0.929 bits per heavy atom. The van der Waals surface area contributed by atoms with E-state index in [1.54, 1.807) is 7.11 Å². The summed E-state index contributed by atoms with van der Waals surface area (Å²) in [5.74, 6) is 1.93. The molecule has 2 aromatic carbocycles. The minimum absolute atomic E-state index is 0.0513. The Morgan fingerprint density at radius 2 is 1.57 bits per heavy atom. The molecule has 0 bridgehead atoms. The molecule has 1 unspecified atom stereocenters. The van der Waals surface area contributed by atoms with Crippen molar-refractivity contribution in [1.29, 1.82) is 0 Å². The largest absolute Gasteiger partial charge is 0.496 e. The van der Waals surface area contributed by atoms with Crippen molar-refractivity contribution in [3.05, 3.63) is 63.4 Å². The highest BCUT2D eigenvalue weighted by Crippen LogP contribution is 2.42. The molecule has 3 aromatic rings. The fourth-order valence-electron chi connectivity index (χ4n) is 4.26. The molecule has 150 valence electrons. The molecule has 0 saturated heterocycles. The summed E-state index contributed by atoms with van der Waals surface area (Å²) in [6.07, 6.45) is 0. The van der Waals surface area contributed by atoms with E-state index in [9.17, 15) is 0 Å². The summed E-state index contributed by atoms with van der Waals surface area (Å²) in [5.41, 5.74) is 2.14. The van der Waals surface area contributed by atoms with Gasteiger partial charge in [-0.3, -0.25) is 0 Å². The normalized spacial score (nSPS) is 13.9. The molecule has 0 aliphatic carbocycles. The number of ether oxygens (including phenoxy) is 1. The van der Waals surface area contributed by atoms with Gasteiger partial charge in [0.2, 0.25) is 0 Å². The molecule has 0 saturated carbocycles. The maximum Gasteiger partial charge on any atom is 0.134 e. The smallest absolute Gasteiger partial charge is 0.134 e. The number of benzene rings is 2. The molecule has 6 heteroatoms. The third-order valence-electron chi connectivity index (χ3n) is 4.90. The summed E-state index contributed by atoms with van der Waals surface area (Å²) < 4.78 is 16.3. The molecule has 3 rings (SSSR count). The Bertz CT molecular complexity index is 926. The number of fused-ring (bicyclic) bond motifs is 1. The minimum atomic E-state index is -1.68. The number of methoxy groups -OCH3 is 1. The van der Waals surface area contributed by atoms with Crippen LogP contribution in [-0.4, -0.2) is 27.8 Å². The lowest BCUT2D eigenvalue weighted by atomic mass is 10.0. The average molecular weight is 524 g/mol. The van der Waals surface area contributed by atoms with Crippen LogP contribution in [0.3, 0.4) is 0 Å². The molecule has 0 fully saturated rings. The standard InChI is InChI=1S/C22H30INO2Si2/c1-25-20-13-12-17(23)15-18(20)22(24(27(2,3)4)28(5,6)7)21-14-16-10-8-9-11-19(16)26-21/h8-15,22H,1-7H3. The van der Waals surface area contributed by atoms with Crippen LogP contribution in [0.15, 0.2) is 52.9 Å².